The van der Waals surface area contributed by atoms with Crippen LogP contribution in [0.3, 0.4) is 0 Å². The summed E-state index contributed by atoms with van der Waals surface area (Å²) in [5.74, 6) is -0.528. The van der Waals surface area contributed by atoms with Crippen molar-refractivity contribution >= 4 is 27.5 Å². The van der Waals surface area contributed by atoms with E-state index < -0.39 is 11.6 Å². The maximum atomic E-state index is 13.7. The molecule has 0 fully saturated rings. The minimum atomic E-state index is -0.556. The number of hydrogen-bond donors (Lipinski definition) is 0. The van der Waals surface area contributed by atoms with E-state index in [1.807, 2.05) is 24.3 Å². The number of halogens is 4. The average Bonchev–Trinajstić information content (AvgIpc) is 2.43. The number of rotatable bonds is 5. The molecule has 0 amide bonds. The normalized spacial score (nSPS) is 12.4. The van der Waals surface area contributed by atoms with Crippen LogP contribution in [0.2, 0.25) is 0 Å². The maximum Gasteiger partial charge on any atom is 0.129 e. The van der Waals surface area contributed by atoms with Crippen LogP contribution in [-0.4, -0.2) is 5.88 Å². The summed E-state index contributed by atoms with van der Waals surface area (Å²) in [6.07, 6.45) is 1.25. The molecule has 2 aromatic rings. The minimum Gasteiger partial charge on any atom is -0.207 e. The van der Waals surface area contributed by atoms with E-state index in [0.29, 0.717) is 17.9 Å². The highest BCUT2D eigenvalue weighted by molar-refractivity contribution is 9.10. The molecule has 0 aliphatic rings. The topological polar surface area (TPSA) is 0 Å². The Labute approximate surface area is 130 Å². The molecule has 4 heteroatoms. The molecule has 0 heterocycles. The molecular weight excluding hydrogens is 346 g/mol. The lowest BCUT2D eigenvalue weighted by Crippen LogP contribution is -2.11. The van der Waals surface area contributed by atoms with Crippen LogP contribution in [0, 0.1) is 17.6 Å². The molecule has 0 saturated heterocycles. The van der Waals surface area contributed by atoms with E-state index in [-0.39, 0.29) is 5.92 Å². The van der Waals surface area contributed by atoms with Gasteiger partial charge in [0.1, 0.15) is 11.6 Å². The highest BCUT2D eigenvalue weighted by atomic mass is 79.9. The Morgan fingerprint density at radius 1 is 1.00 bits per heavy atom. The van der Waals surface area contributed by atoms with Gasteiger partial charge >= 0.3 is 0 Å². The SMILES string of the molecule is Fc1ccc(CC(CCl)Cc2ccccc2Br)c(F)c1. The van der Waals surface area contributed by atoms with Crippen molar-refractivity contribution in [3.8, 4) is 0 Å². The predicted molar refractivity (Wildman–Crippen MR) is 82.1 cm³/mol. The third-order valence-electron chi connectivity index (χ3n) is 3.21. The van der Waals surface area contributed by atoms with E-state index in [1.54, 1.807) is 0 Å². The van der Waals surface area contributed by atoms with Gasteiger partial charge in [-0.25, -0.2) is 8.78 Å². The van der Waals surface area contributed by atoms with Crippen LogP contribution in [0.25, 0.3) is 0 Å². The molecule has 0 saturated carbocycles. The molecule has 2 aromatic carbocycles. The van der Waals surface area contributed by atoms with E-state index in [2.05, 4.69) is 15.9 Å². The molecule has 0 N–H and O–H groups in total. The Morgan fingerprint density at radius 2 is 1.70 bits per heavy atom. The lowest BCUT2D eigenvalue weighted by Gasteiger charge is -2.15. The van der Waals surface area contributed by atoms with Gasteiger partial charge in [-0.1, -0.05) is 40.2 Å². The molecule has 0 spiro atoms. The third-order valence-corrected chi connectivity index (χ3v) is 4.42. The third kappa shape index (κ3) is 4.03. The summed E-state index contributed by atoms with van der Waals surface area (Å²) in [5, 5.41) is 0. The molecule has 0 nitrogen and oxygen atoms in total. The quantitative estimate of drug-likeness (QED) is 0.630. The standard InChI is InChI=1S/C16H14BrClF2/c17-15-4-2-1-3-12(15)7-11(10-18)8-13-5-6-14(19)9-16(13)20/h1-6,9,11H,7-8,10H2. The van der Waals surface area contributed by atoms with Gasteiger partial charge in [-0.05, 0) is 42.0 Å². The highest BCUT2D eigenvalue weighted by Crippen LogP contribution is 2.23. The largest absolute Gasteiger partial charge is 0.207 e. The molecule has 2 rings (SSSR count). The van der Waals surface area contributed by atoms with Crippen LogP contribution < -0.4 is 0 Å². The number of benzene rings is 2. The zero-order valence-corrected chi connectivity index (χ0v) is 13.1. The molecule has 0 aliphatic heterocycles. The molecule has 1 atom stereocenters. The van der Waals surface area contributed by atoms with Gasteiger partial charge < -0.3 is 0 Å². The predicted octanol–water partition coefficient (Wildman–Crippen LogP) is 5.37. The van der Waals surface area contributed by atoms with Crippen LogP contribution in [0.4, 0.5) is 8.78 Å². The second kappa shape index (κ2) is 7.19. The Morgan fingerprint density at radius 3 is 2.35 bits per heavy atom. The zero-order chi connectivity index (χ0) is 14.5. The fourth-order valence-corrected chi connectivity index (χ4v) is 2.82. The van der Waals surface area contributed by atoms with Crippen molar-refractivity contribution in [2.75, 3.05) is 5.88 Å². The second-order valence-corrected chi connectivity index (χ2v) is 5.92. The monoisotopic (exact) mass is 358 g/mol. The molecule has 0 aliphatic carbocycles. The Bertz CT molecular complexity index is 586. The van der Waals surface area contributed by atoms with Crippen molar-refractivity contribution in [3.05, 3.63) is 69.7 Å². The van der Waals surface area contributed by atoms with E-state index in [1.165, 1.54) is 12.1 Å². The van der Waals surface area contributed by atoms with Crippen molar-refractivity contribution in [3.63, 3.8) is 0 Å². The second-order valence-electron chi connectivity index (χ2n) is 4.76. The first-order chi connectivity index (χ1) is 9.60. The summed E-state index contributed by atoms with van der Waals surface area (Å²) in [6.45, 7) is 0. The van der Waals surface area contributed by atoms with Gasteiger partial charge in [0.25, 0.3) is 0 Å². The average molecular weight is 360 g/mol. The summed E-state index contributed by atoms with van der Waals surface area (Å²) < 4.78 is 27.6. The van der Waals surface area contributed by atoms with Gasteiger partial charge in [0, 0.05) is 16.4 Å². The first-order valence-corrected chi connectivity index (χ1v) is 7.66. The van der Waals surface area contributed by atoms with Gasteiger partial charge in [0.2, 0.25) is 0 Å². The number of hydrogen-bond acceptors (Lipinski definition) is 0. The van der Waals surface area contributed by atoms with Crippen molar-refractivity contribution in [1.82, 2.24) is 0 Å². The van der Waals surface area contributed by atoms with Gasteiger partial charge in [-0.15, -0.1) is 11.6 Å². The highest BCUT2D eigenvalue weighted by Gasteiger charge is 2.14. The van der Waals surface area contributed by atoms with Gasteiger partial charge in [-0.2, -0.15) is 0 Å². The van der Waals surface area contributed by atoms with Crippen LogP contribution in [0.15, 0.2) is 46.9 Å². The van der Waals surface area contributed by atoms with Crippen molar-refractivity contribution < 1.29 is 8.78 Å². The van der Waals surface area contributed by atoms with Gasteiger partial charge in [-0.3, -0.25) is 0 Å². The summed E-state index contributed by atoms with van der Waals surface area (Å²) in [4.78, 5) is 0. The van der Waals surface area contributed by atoms with Gasteiger partial charge in [0.05, 0.1) is 0 Å². The molecule has 0 aromatic heterocycles. The fourth-order valence-electron chi connectivity index (χ4n) is 2.15. The van der Waals surface area contributed by atoms with Gasteiger partial charge in [0.15, 0.2) is 0 Å². The summed E-state index contributed by atoms with van der Waals surface area (Å²) in [6, 6.07) is 11.6. The molecule has 1 unspecified atom stereocenters. The summed E-state index contributed by atoms with van der Waals surface area (Å²) in [7, 11) is 0. The summed E-state index contributed by atoms with van der Waals surface area (Å²) >= 11 is 9.49. The maximum absolute atomic E-state index is 13.7. The zero-order valence-electron chi connectivity index (χ0n) is 10.8. The first kappa shape index (κ1) is 15.5. The van der Waals surface area contributed by atoms with E-state index >= 15 is 0 Å². The van der Waals surface area contributed by atoms with E-state index in [0.717, 1.165) is 22.5 Å². The Kier molecular flexibility index (Phi) is 5.55. The fraction of sp³-hybridized carbons (Fsp3) is 0.250. The van der Waals surface area contributed by atoms with E-state index in [4.69, 9.17) is 11.6 Å². The molecular formula is C16H14BrClF2. The number of alkyl halides is 1. The molecule has 106 valence electrons. The van der Waals surface area contributed by atoms with Crippen molar-refractivity contribution in [2.24, 2.45) is 5.92 Å². The Hall–Kier alpha value is -0.930. The van der Waals surface area contributed by atoms with E-state index in [9.17, 15) is 8.78 Å². The van der Waals surface area contributed by atoms with Crippen molar-refractivity contribution in [2.45, 2.75) is 12.8 Å². The molecule has 0 radical (unpaired) electrons. The Balaban J connectivity index is 2.11. The minimum absolute atomic E-state index is 0.107. The molecule has 20 heavy (non-hydrogen) atoms. The van der Waals surface area contributed by atoms with Crippen LogP contribution in [-0.2, 0) is 12.8 Å². The summed E-state index contributed by atoms with van der Waals surface area (Å²) in [5.41, 5.74) is 1.64. The molecule has 0 bridgehead atoms. The lowest BCUT2D eigenvalue weighted by molar-refractivity contribution is 0.533. The first-order valence-electron chi connectivity index (χ1n) is 6.33. The van der Waals surface area contributed by atoms with Crippen LogP contribution in [0.5, 0.6) is 0 Å². The van der Waals surface area contributed by atoms with Crippen LogP contribution >= 0.6 is 27.5 Å². The van der Waals surface area contributed by atoms with Crippen molar-refractivity contribution in [1.29, 1.82) is 0 Å². The smallest absolute Gasteiger partial charge is 0.129 e. The van der Waals surface area contributed by atoms with Crippen LogP contribution in [0.1, 0.15) is 11.1 Å². The lowest BCUT2D eigenvalue weighted by atomic mass is 9.94.